The molecule has 8 heterocycles. The van der Waals surface area contributed by atoms with Gasteiger partial charge >= 0.3 is 0 Å². The number of aromatic nitrogens is 10. The molecule has 0 N–H and O–H groups in total. The van der Waals surface area contributed by atoms with E-state index in [2.05, 4.69) is 177 Å². The molecule has 0 atom stereocenters. The summed E-state index contributed by atoms with van der Waals surface area (Å²) < 4.78 is 18.5. The van der Waals surface area contributed by atoms with Crippen LogP contribution in [0.1, 0.15) is 0 Å². The van der Waals surface area contributed by atoms with Gasteiger partial charge in [-0.25, -0.2) is 29.9 Å². The van der Waals surface area contributed by atoms with Crippen molar-refractivity contribution >= 4 is 87.5 Å². The summed E-state index contributed by atoms with van der Waals surface area (Å²) in [4.78, 5) is 38.9. The zero-order valence-corrected chi connectivity index (χ0v) is 53.5. The van der Waals surface area contributed by atoms with Crippen molar-refractivity contribution in [2.45, 2.75) is 0 Å². The van der Waals surface area contributed by atoms with Gasteiger partial charge in [-0.1, -0.05) is 206 Å². The third kappa shape index (κ3) is 10.0. The average Bonchev–Trinajstić information content (AvgIpc) is 1.56. The number of para-hydroxylation sites is 4. The molecule has 12 aromatic carbocycles. The molecule has 468 valence electrons. The van der Waals surface area contributed by atoms with E-state index in [1.807, 2.05) is 164 Å². The van der Waals surface area contributed by atoms with Gasteiger partial charge in [-0.15, -0.1) is 0 Å². The molecule has 0 radical (unpaired) electrons. The Morgan fingerprint density at radius 3 is 1.15 bits per heavy atom. The van der Waals surface area contributed by atoms with E-state index in [0.29, 0.717) is 34.9 Å². The first kappa shape index (κ1) is 57.6. The molecule has 0 unspecified atom stereocenters. The van der Waals surface area contributed by atoms with Gasteiger partial charge in [0.05, 0.1) is 33.2 Å². The van der Waals surface area contributed by atoms with Crippen LogP contribution in [-0.4, -0.2) is 49.0 Å². The lowest BCUT2D eigenvalue weighted by atomic mass is 9.97. The Kier molecular flexibility index (Phi) is 13.9. The van der Waals surface area contributed by atoms with Gasteiger partial charge in [0.1, 0.15) is 22.3 Å². The molecule has 0 saturated carbocycles. The first-order chi connectivity index (χ1) is 49.6. The van der Waals surface area contributed by atoms with E-state index in [-0.39, 0.29) is 0 Å². The van der Waals surface area contributed by atoms with Crippen LogP contribution in [0.15, 0.2) is 337 Å². The van der Waals surface area contributed by atoms with Gasteiger partial charge < -0.3 is 18.0 Å². The molecule has 20 aromatic rings. The highest BCUT2D eigenvalue weighted by Gasteiger charge is 2.26. The van der Waals surface area contributed by atoms with Gasteiger partial charge in [-0.05, 0) is 114 Å². The van der Waals surface area contributed by atoms with Crippen LogP contribution in [0.4, 0.5) is 0 Å². The molecular weight excluding hydrogens is 1230 g/mol. The fraction of sp³-hybridized carbons (Fsp3) is 0. The number of pyridine rings is 2. The second-order valence-electron chi connectivity index (χ2n) is 24.6. The maximum atomic E-state index is 6.94. The predicted molar refractivity (Wildman–Crippen MR) is 402 cm³/mol. The van der Waals surface area contributed by atoms with E-state index >= 15 is 0 Å². The molecule has 12 heteroatoms. The van der Waals surface area contributed by atoms with Crippen LogP contribution in [0.25, 0.3) is 189 Å². The molecule has 0 spiro atoms. The quantitative estimate of drug-likeness (QED) is 0.130. The molecule has 0 fully saturated rings. The lowest BCUT2D eigenvalue weighted by Gasteiger charge is -2.10. The van der Waals surface area contributed by atoms with Crippen molar-refractivity contribution < 1.29 is 8.83 Å². The van der Waals surface area contributed by atoms with E-state index in [0.717, 1.165) is 144 Å². The number of nitrogens with zero attached hydrogens (tertiary/aromatic N) is 10. The van der Waals surface area contributed by atoms with Crippen molar-refractivity contribution in [3.05, 3.63) is 328 Å². The van der Waals surface area contributed by atoms with Crippen molar-refractivity contribution in [1.82, 2.24) is 49.0 Å². The summed E-state index contributed by atoms with van der Waals surface area (Å²) in [5, 5.41) is 8.60. The van der Waals surface area contributed by atoms with E-state index < -0.39 is 0 Å². The number of hydrogen-bond donors (Lipinski definition) is 0. The van der Waals surface area contributed by atoms with Gasteiger partial charge in [0.15, 0.2) is 34.9 Å². The van der Waals surface area contributed by atoms with Gasteiger partial charge in [0.25, 0.3) is 0 Å². The second-order valence-corrected chi connectivity index (χ2v) is 24.6. The normalized spacial score (nSPS) is 11.6. The summed E-state index contributed by atoms with van der Waals surface area (Å²) in [5.74, 6) is 3.49. The molecule has 100 heavy (non-hydrogen) atoms. The van der Waals surface area contributed by atoms with Crippen LogP contribution < -0.4 is 0 Å². The number of fused-ring (bicyclic) bond motifs is 12. The summed E-state index contributed by atoms with van der Waals surface area (Å²) in [5.41, 5.74) is 19.1. The zero-order valence-electron chi connectivity index (χ0n) is 53.5. The predicted octanol–water partition coefficient (Wildman–Crippen LogP) is 21.9. The Morgan fingerprint density at radius 1 is 0.230 bits per heavy atom. The molecule has 0 amide bonds. The molecule has 0 aliphatic rings. The average molecular weight is 1280 g/mol. The fourth-order valence-corrected chi connectivity index (χ4v) is 14.1. The minimum atomic E-state index is 0.538. The van der Waals surface area contributed by atoms with Crippen molar-refractivity contribution in [3.8, 4) is 102 Å². The minimum absolute atomic E-state index is 0.538. The van der Waals surface area contributed by atoms with Crippen LogP contribution in [0, 0.1) is 0 Å². The smallest absolute Gasteiger partial charge is 0.167 e. The summed E-state index contributed by atoms with van der Waals surface area (Å²) >= 11 is 0. The third-order valence-electron chi connectivity index (χ3n) is 18.7. The van der Waals surface area contributed by atoms with Crippen LogP contribution >= 0.6 is 0 Å². The Labute approximate surface area is 572 Å². The number of benzene rings is 12. The molecule has 0 aliphatic carbocycles. The van der Waals surface area contributed by atoms with Crippen molar-refractivity contribution in [3.63, 3.8) is 0 Å². The number of rotatable bonds is 10. The standard InChI is InChI=1S/2C44H27N5O/c1-4-13-28(14-5-1)42-46-43(29-15-6-2-7-16-29)48-44(47-42)37-24-31(30-17-12-22-45-27-30)23-36-35-25-39-34(26-40(35)50-41(36)37)33-20-10-11-21-38(33)49(39)32-18-8-3-9-19-32;1-4-12-29(13-5-1)42-46-43(30-14-6-2-7-15-30)48-44(47-42)34-21-20-32(28-22-24-45-25-23-28)40-36-26-38-35(27-39(36)50-41(34)40)33-18-10-11-19-37(33)49(38)31-16-8-3-9-17-31/h2*1-27H. The Bertz CT molecular complexity index is 6370. The van der Waals surface area contributed by atoms with Crippen LogP contribution in [-0.2, 0) is 0 Å². The first-order valence-electron chi connectivity index (χ1n) is 33.1. The van der Waals surface area contributed by atoms with Gasteiger partial charge in [0.2, 0.25) is 0 Å². The van der Waals surface area contributed by atoms with Crippen molar-refractivity contribution in [1.29, 1.82) is 0 Å². The largest absolute Gasteiger partial charge is 0.455 e. The SMILES string of the molecule is c1ccc(-c2nc(-c3ccccc3)nc(-c3cc(-c4cccnc4)cc4c3oc3cc5c6ccccc6n(-c6ccccc6)c5cc34)n2)cc1.c1ccc(-c2nc(-c3ccccc3)nc(-c3ccc(-c4ccncc4)c4c3oc3cc5c6ccccc6n(-c6ccccc6)c5cc34)n2)cc1. The highest BCUT2D eigenvalue weighted by molar-refractivity contribution is 6.22. The van der Waals surface area contributed by atoms with Gasteiger partial charge in [-0.3, -0.25) is 9.97 Å². The molecule has 8 aromatic heterocycles. The van der Waals surface area contributed by atoms with E-state index in [4.69, 9.17) is 38.7 Å². The summed E-state index contributed by atoms with van der Waals surface area (Å²) in [6.45, 7) is 0. The Morgan fingerprint density at radius 2 is 0.650 bits per heavy atom. The Balaban J connectivity index is 0.000000139. The zero-order chi connectivity index (χ0) is 66.0. The second kappa shape index (κ2) is 24.1. The summed E-state index contributed by atoms with van der Waals surface area (Å²) in [6, 6.07) is 104. The lowest BCUT2D eigenvalue weighted by molar-refractivity contribution is 0.669. The molecule has 20 rings (SSSR count). The fourth-order valence-electron chi connectivity index (χ4n) is 14.1. The van der Waals surface area contributed by atoms with Crippen molar-refractivity contribution in [2.24, 2.45) is 0 Å². The van der Waals surface area contributed by atoms with E-state index in [9.17, 15) is 0 Å². The number of furan rings is 2. The topological polar surface area (TPSA) is 139 Å². The lowest BCUT2D eigenvalue weighted by Crippen LogP contribution is -2.00. The van der Waals surface area contributed by atoms with Crippen molar-refractivity contribution in [2.75, 3.05) is 0 Å². The Hall–Kier alpha value is -13.8. The molecule has 12 nitrogen and oxygen atoms in total. The summed E-state index contributed by atoms with van der Waals surface area (Å²) in [6.07, 6.45) is 7.33. The van der Waals surface area contributed by atoms with Gasteiger partial charge in [-0.2, -0.15) is 0 Å². The number of hydrogen-bond acceptors (Lipinski definition) is 10. The minimum Gasteiger partial charge on any atom is -0.455 e. The highest BCUT2D eigenvalue weighted by Crippen LogP contribution is 2.46. The summed E-state index contributed by atoms with van der Waals surface area (Å²) in [7, 11) is 0. The molecule has 0 aliphatic heterocycles. The third-order valence-corrected chi connectivity index (χ3v) is 18.7. The van der Waals surface area contributed by atoms with Gasteiger partial charge in [0, 0.05) is 107 Å². The monoisotopic (exact) mass is 1280 g/mol. The maximum Gasteiger partial charge on any atom is 0.167 e. The van der Waals surface area contributed by atoms with E-state index in [1.165, 1.54) is 10.8 Å². The molecule has 0 bridgehead atoms. The van der Waals surface area contributed by atoms with Crippen LogP contribution in [0.2, 0.25) is 0 Å². The highest BCUT2D eigenvalue weighted by atomic mass is 16.3. The maximum absolute atomic E-state index is 6.94. The molecule has 0 saturated heterocycles. The first-order valence-corrected chi connectivity index (χ1v) is 33.1. The van der Waals surface area contributed by atoms with Crippen LogP contribution in [0.3, 0.4) is 0 Å². The molecular formula is C88H54N10O2. The van der Waals surface area contributed by atoms with Crippen LogP contribution in [0.5, 0.6) is 0 Å². The van der Waals surface area contributed by atoms with E-state index in [1.54, 1.807) is 6.20 Å².